The summed E-state index contributed by atoms with van der Waals surface area (Å²) < 4.78 is 62.3. The van der Waals surface area contributed by atoms with Gasteiger partial charge in [-0.15, -0.1) is 0 Å². The summed E-state index contributed by atoms with van der Waals surface area (Å²) in [5, 5.41) is 26.6. The fourth-order valence-electron chi connectivity index (χ4n) is 6.00. The predicted molar refractivity (Wildman–Crippen MR) is 228 cm³/mol. The number of phosphoric acid groups is 3. The molecule has 0 aliphatic carbocycles. The van der Waals surface area contributed by atoms with Gasteiger partial charge in [0.25, 0.3) is 0 Å². The van der Waals surface area contributed by atoms with Gasteiger partial charge in [0.05, 0.1) is 19.5 Å². The maximum Gasteiger partial charge on any atom is 0.481 e. The molecule has 1 aliphatic heterocycles. The topological polar surface area (TPSA) is 364 Å². The number of carbonyl (C=O) groups is 3. The fraction of sp³-hybridized carbons (Fsp3) is 0.714. The first-order valence-corrected chi connectivity index (χ1v) is 25.8. The molecule has 2 aromatic heterocycles. The lowest BCUT2D eigenvalue weighted by molar-refractivity contribution is -0.137. The number of anilines is 1. The van der Waals surface area contributed by atoms with Crippen LogP contribution < -0.4 is 16.4 Å². The molecule has 0 aromatic carbocycles. The average molecular weight is 976 g/mol. The number of fused-ring (bicyclic) bond motifs is 1. The Kier molecular flexibility index (Phi) is 22.4. The normalized spacial score (nSPS) is 20.7. The van der Waals surface area contributed by atoms with E-state index in [9.17, 15) is 57.9 Å². The molecular weight excluding hydrogens is 915 g/mol. The van der Waals surface area contributed by atoms with E-state index in [-0.39, 0.29) is 41.6 Å². The number of aliphatic hydroxyl groups is 2. The second-order valence-corrected chi connectivity index (χ2v) is 20.6. The molecule has 0 spiro atoms. The zero-order chi connectivity index (χ0) is 46.8. The molecule has 358 valence electrons. The Bertz CT molecular complexity index is 1970. The number of rotatable bonds is 30. The molecule has 2 aromatic rings. The number of phosphoric ester groups is 3. The number of nitrogen functional groups attached to an aromatic ring is 1. The first kappa shape index (κ1) is 54.6. The van der Waals surface area contributed by atoms with Crippen LogP contribution in [-0.4, -0.2) is 123 Å². The second kappa shape index (κ2) is 25.9. The van der Waals surface area contributed by atoms with E-state index in [4.69, 9.17) is 19.5 Å². The van der Waals surface area contributed by atoms with Gasteiger partial charge in [-0.05, 0) is 32.1 Å². The van der Waals surface area contributed by atoms with Crippen LogP contribution in [0.2, 0.25) is 0 Å². The minimum atomic E-state index is -5.57. The van der Waals surface area contributed by atoms with E-state index in [0.717, 1.165) is 61.1 Å². The van der Waals surface area contributed by atoms with Crippen LogP contribution in [0, 0.1) is 5.41 Å². The van der Waals surface area contributed by atoms with E-state index in [1.165, 1.54) is 39.5 Å². The highest BCUT2D eigenvalue weighted by atomic mass is 32.2. The Labute approximate surface area is 368 Å². The molecule has 1 fully saturated rings. The molecule has 2 amide bonds. The molecule has 7 atom stereocenters. The minimum absolute atomic E-state index is 0.0324. The third-order valence-corrected chi connectivity index (χ3v) is 13.4. The number of nitrogens with two attached hydrogens (primary N) is 1. The van der Waals surface area contributed by atoms with Crippen molar-refractivity contribution in [3.05, 3.63) is 24.8 Å². The van der Waals surface area contributed by atoms with E-state index in [1.807, 2.05) is 0 Å². The number of imidazole rings is 1. The first-order valence-electron chi connectivity index (χ1n) is 20.3. The number of allylic oxidation sites excluding steroid dienone is 2. The number of thioether (sulfide) groups is 1. The molecule has 3 heterocycles. The van der Waals surface area contributed by atoms with Crippen molar-refractivity contribution in [3.63, 3.8) is 0 Å². The standard InChI is InChI=1S/C35H60N7O17P3S/c1-4-5-6-7-8-9-10-11-12-13-14-15-26(44)63-19-18-37-25(43)16-17-38-33(47)30(46)35(2,3)21-56-62(53,54)59-61(51,52)55-20-24-29(58-60(48,49)50)28(45)34(57-24)42-23-41-27-31(36)39-22-40-32(27)42/h9-10,22-24,28-30,34,45-46H,4-8,11-21H2,1-3H3,(H,37,43)(H,38,47)(H,51,52)(H,53,54)(H2,36,39,40)(H2,48,49,50)/t24-,28-,29-,30+,34-/m1/s1. The average Bonchev–Trinajstić information content (AvgIpc) is 3.76. The van der Waals surface area contributed by atoms with Gasteiger partial charge >= 0.3 is 23.5 Å². The van der Waals surface area contributed by atoms with E-state index >= 15 is 0 Å². The summed E-state index contributed by atoms with van der Waals surface area (Å²) in [5.74, 6) is -1.04. The van der Waals surface area contributed by atoms with Crippen molar-refractivity contribution in [2.24, 2.45) is 5.41 Å². The molecule has 3 rings (SSSR count). The number of aliphatic hydroxyl groups excluding tert-OH is 2. The number of hydrogen-bond donors (Lipinski definition) is 9. The Hall–Kier alpha value is -2.70. The Morgan fingerprint density at radius 2 is 1.62 bits per heavy atom. The molecule has 0 saturated carbocycles. The lowest BCUT2D eigenvalue weighted by Gasteiger charge is -2.30. The van der Waals surface area contributed by atoms with Crippen molar-refractivity contribution in [1.29, 1.82) is 0 Å². The van der Waals surface area contributed by atoms with Crippen LogP contribution in [0.15, 0.2) is 24.8 Å². The fourth-order valence-corrected chi connectivity index (χ4v) is 9.55. The third kappa shape index (κ3) is 19.4. The van der Waals surface area contributed by atoms with Crippen LogP contribution in [0.25, 0.3) is 11.2 Å². The molecule has 63 heavy (non-hydrogen) atoms. The number of amides is 2. The zero-order valence-corrected chi connectivity index (χ0v) is 38.8. The Balaban J connectivity index is 1.36. The zero-order valence-electron chi connectivity index (χ0n) is 35.3. The van der Waals surface area contributed by atoms with Gasteiger partial charge in [-0.25, -0.2) is 28.6 Å². The van der Waals surface area contributed by atoms with Gasteiger partial charge in [0.2, 0.25) is 11.8 Å². The van der Waals surface area contributed by atoms with Crippen LogP contribution in [0.1, 0.15) is 97.6 Å². The van der Waals surface area contributed by atoms with Gasteiger partial charge in [-0.2, -0.15) is 4.31 Å². The van der Waals surface area contributed by atoms with Crippen molar-refractivity contribution in [3.8, 4) is 0 Å². The molecule has 0 radical (unpaired) electrons. The van der Waals surface area contributed by atoms with E-state index < -0.39 is 84.6 Å². The van der Waals surface area contributed by atoms with Crippen molar-refractivity contribution >= 4 is 69.1 Å². The number of ether oxygens (including phenoxy) is 1. The first-order chi connectivity index (χ1) is 29.6. The highest BCUT2D eigenvalue weighted by Crippen LogP contribution is 2.61. The van der Waals surface area contributed by atoms with E-state index in [0.29, 0.717) is 12.2 Å². The van der Waals surface area contributed by atoms with Crippen LogP contribution in [0.5, 0.6) is 0 Å². The van der Waals surface area contributed by atoms with E-state index in [2.05, 4.69) is 53.5 Å². The number of aromatic nitrogens is 4. The summed E-state index contributed by atoms with van der Waals surface area (Å²) in [5.41, 5.74) is 4.28. The van der Waals surface area contributed by atoms with Gasteiger partial charge in [0, 0.05) is 37.1 Å². The van der Waals surface area contributed by atoms with Crippen LogP contribution in [0.3, 0.4) is 0 Å². The van der Waals surface area contributed by atoms with Gasteiger partial charge in [-0.1, -0.05) is 70.4 Å². The van der Waals surface area contributed by atoms with Crippen molar-refractivity contribution in [1.82, 2.24) is 30.2 Å². The molecule has 1 saturated heterocycles. The van der Waals surface area contributed by atoms with Gasteiger partial charge in [0.1, 0.15) is 36.3 Å². The highest BCUT2D eigenvalue weighted by molar-refractivity contribution is 8.13. The number of nitrogens with one attached hydrogen (secondary N) is 2. The molecule has 24 nitrogen and oxygen atoms in total. The maximum absolute atomic E-state index is 12.7. The molecule has 28 heteroatoms. The van der Waals surface area contributed by atoms with Crippen LogP contribution in [0.4, 0.5) is 5.82 Å². The lowest BCUT2D eigenvalue weighted by Crippen LogP contribution is -2.46. The van der Waals surface area contributed by atoms with Crippen molar-refractivity contribution in [2.45, 2.75) is 122 Å². The summed E-state index contributed by atoms with van der Waals surface area (Å²) in [6.07, 6.45) is 7.92. The monoisotopic (exact) mass is 975 g/mol. The van der Waals surface area contributed by atoms with Crippen molar-refractivity contribution in [2.75, 3.05) is 37.8 Å². The van der Waals surface area contributed by atoms with Crippen LogP contribution >= 0.6 is 35.2 Å². The number of nitrogens with zero attached hydrogens (tertiary/aromatic N) is 4. The summed E-state index contributed by atoms with van der Waals surface area (Å²) >= 11 is 1.14. The maximum atomic E-state index is 12.7. The van der Waals surface area contributed by atoms with Crippen LogP contribution in [-0.2, 0) is 50.7 Å². The smallest absolute Gasteiger partial charge is 0.386 e. The quantitative estimate of drug-likeness (QED) is 0.0308. The minimum Gasteiger partial charge on any atom is -0.386 e. The number of unbranched alkanes of at least 4 members (excludes halogenated alkanes) is 7. The summed E-state index contributed by atoms with van der Waals surface area (Å²) in [6.45, 7) is 2.75. The molecule has 2 unspecified atom stereocenters. The second-order valence-electron chi connectivity index (χ2n) is 15.2. The lowest BCUT2D eigenvalue weighted by atomic mass is 9.87. The van der Waals surface area contributed by atoms with Gasteiger partial charge in [-0.3, -0.25) is 32.5 Å². The Morgan fingerprint density at radius 3 is 2.29 bits per heavy atom. The predicted octanol–water partition coefficient (Wildman–Crippen LogP) is 3.14. The summed E-state index contributed by atoms with van der Waals surface area (Å²) in [7, 11) is -16.4. The van der Waals surface area contributed by atoms with Crippen molar-refractivity contribution < 1.29 is 80.5 Å². The Morgan fingerprint density at radius 1 is 0.952 bits per heavy atom. The SMILES string of the molecule is CCCCCCC=CCCCCCC(=O)SCCNC(=O)CCNC(=O)[C@H](O)C(C)(C)COP(=O)(O)OP(=O)(O)OC[C@H]1O[C@@H](n2cnc3c(N)ncnc32)[C@H](O)[C@@H]1OP(=O)(O)O. The largest absolute Gasteiger partial charge is 0.481 e. The van der Waals surface area contributed by atoms with Gasteiger partial charge in [0.15, 0.2) is 22.8 Å². The summed E-state index contributed by atoms with van der Waals surface area (Å²) in [4.78, 5) is 88.1. The molecular formula is C35H60N7O17P3S. The van der Waals surface area contributed by atoms with Gasteiger partial charge < -0.3 is 50.9 Å². The molecule has 1 aliphatic rings. The third-order valence-electron chi connectivity index (χ3n) is 9.41. The van der Waals surface area contributed by atoms with E-state index in [1.54, 1.807) is 0 Å². The highest BCUT2D eigenvalue weighted by Gasteiger charge is 2.50. The molecule has 10 N–H and O–H groups in total. The number of carbonyl (C=O) groups excluding carboxylic acids is 3. The number of hydrogen-bond acceptors (Lipinski definition) is 18. The molecule has 0 bridgehead atoms. The summed E-state index contributed by atoms with van der Waals surface area (Å²) in [6, 6.07) is 0.